The molecule has 0 bridgehead atoms. The van der Waals surface area contributed by atoms with Gasteiger partial charge in [0.05, 0.1) is 26.9 Å². The van der Waals surface area contributed by atoms with Gasteiger partial charge >= 0.3 is 0 Å². The second-order valence-electron chi connectivity index (χ2n) is 4.82. The van der Waals surface area contributed by atoms with Crippen LogP contribution in [0.15, 0.2) is 36.4 Å². The van der Waals surface area contributed by atoms with E-state index < -0.39 is 0 Å². The van der Waals surface area contributed by atoms with E-state index in [9.17, 15) is 9.90 Å². The minimum Gasteiger partial charge on any atom is -0.507 e. The lowest BCUT2D eigenvalue weighted by Gasteiger charge is -2.12. The number of carbonyl (C=O) groups is 1. The van der Waals surface area contributed by atoms with Crippen LogP contribution in [0.1, 0.15) is 15.9 Å². The number of rotatable bonds is 6. The van der Waals surface area contributed by atoms with Gasteiger partial charge in [0.25, 0.3) is 0 Å². The molecule has 24 heavy (non-hydrogen) atoms. The minimum absolute atomic E-state index is 0.0403. The summed E-state index contributed by atoms with van der Waals surface area (Å²) in [5, 5.41) is 9.88. The lowest BCUT2D eigenvalue weighted by atomic mass is 10.1. The number of carbonyl (C=O) groups excluding carboxylic acids is 1. The SMILES string of the molecule is COc1cc(/C=C/C(=O)c2ccc(I)cc2O)cc(OC)c1OC. The lowest BCUT2D eigenvalue weighted by Crippen LogP contribution is -1.97. The first-order valence-electron chi connectivity index (χ1n) is 7.01. The molecule has 2 aromatic rings. The molecule has 1 N–H and O–H groups in total. The number of hydrogen-bond donors (Lipinski definition) is 1. The molecular weight excluding hydrogens is 423 g/mol. The van der Waals surface area contributed by atoms with E-state index >= 15 is 0 Å². The summed E-state index contributed by atoms with van der Waals surface area (Å²) in [4.78, 5) is 12.2. The van der Waals surface area contributed by atoms with Crippen molar-refractivity contribution in [2.45, 2.75) is 0 Å². The highest BCUT2D eigenvalue weighted by molar-refractivity contribution is 14.1. The van der Waals surface area contributed by atoms with Crippen LogP contribution >= 0.6 is 22.6 Å². The normalized spacial score (nSPS) is 10.7. The topological polar surface area (TPSA) is 65.0 Å². The van der Waals surface area contributed by atoms with Gasteiger partial charge in [0, 0.05) is 3.57 Å². The van der Waals surface area contributed by atoms with Gasteiger partial charge in [-0.1, -0.05) is 6.08 Å². The third kappa shape index (κ3) is 4.00. The van der Waals surface area contributed by atoms with Crippen molar-refractivity contribution in [1.29, 1.82) is 0 Å². The molecule has 0 heterocycles. The Morgan fingerprint density at radius 1 is 1.04 bits per heavy atom. The summed E-state index contributed by atoms with van der Waals surface area (Å²) < 4.78 is 16.7. The van der Waals surface area contributed by atoms with Gasteiger partial charge in [-0.3, -0.25) is 4.79 Å². The lowest BCUT2D eigenvalue weighted by molar-refractivity contribution is 0.104. The van der Waals surface area contributed by atoms with Crippen molar-refractivity contribution >= 4 is 34.5 Å². The van der Waals surface area contributed by atoms with Crippen LogP contribution in [0.25, 0.3) is 6.08 Å². The predicted octanol–water partition coefficient (Wildman–Crippen LogP) is 3.92. The zero-order chi connectivity index (χ0) is 17.7. The molecule has 2 aromatic carbocycles. The Bertz CT molecular complexity index is 758. The summed E-state index contributed by atoms with van der Waals surface area (Å²) in [6, 6.07) is 8.37. The summed E-state index contributed by atoms with van der Waals surface area (Å²) in [7, 11) is 4.58. The van der Waals surface area contributed by atoms with Gasteiger partial charge in [-0.15, -0.1) is 0 Å². The van der Waals surface area contributed by atoms with E-state index in [1.807, 2.05) is 0 Å². The van der Waals surface area contributed by atoms with Crippen molar-refractivity contribution in [3.63, 3.8) is 0 Å². The van der Waals surface area contributed by atoms with Crippen LogP contribution in [-0.4, -0.2) is 32.2 Å². The number of benzene rings is 2. The summed E-state index contributed by atoms with van der Waals surface area (Å²) >= 11 is 2.07. The molecular formula is C18H17IO5. The van der Waals surface area contributed by atoms with Gasteiger partial charge in [-0.25, -0.2) is 0 Å². The fourth-order valence-corrected chi connectivity index (χ4v) is 2.65. The van der Waals surface area contributed by atoms with E-state index in [2.05, 4.69) is 22.6 Å². The molecule has 0 aliphatic rings. The molecule has 5 nitrogen and oxygen atoms in total. The first-order chi connectivity index (χ1) is 11.5. The van der Waals surface area contributed by atoms with Crippen molar-refractivity contribution < 1.29 is 24.1 Å². The Morgan fingerprint density at radius 3 is 2.17 bits per heavy atom. The van der Waals surface area contributed by atoms with Crippen molar-refractivity contribution in [3.05, 3.63) is 51.1 Å². The fourth-order valence-electron chi connectivity index (χ4n) is 2.17. The molecule has 0 aliphatic carbocycles. The molecule has 0 saturated heterocycles. The molecule has 0 aromatic heterocycles. The number of phenolic OH excluding ortho intramolecular Hbond substituents is 1. The highest BCUT2D eigenvalue weighted by Gasteiger charge is 2.13. The second-order valence-corrected chi connectivity index (χ2v) is 6.06. The summed E-state index contributed by atoms with van der Waals surface area (Å²) in [5.74, 6) is 1.15. The van der Waals surface area contributed by atoms with Crippen molar-refractivity contribution in [1.82, 2.24) is 0 Å². The van der Waals surface area contributed by atoms with Crippen molar-refractivity contribution in [3.8, 4) is 23.0 Å². The summed E-state index contributed by atoms with van der Waals surface area (Å²) in [5.41, 5.74) is 0.960. The monoisotopic (exact) mass is 440 g/mol. The average Bonchev–Trinajstić information content (AvgIpc) is 2.58. The van der Waals surface area contributed by atoms with Crippen molar-refractivity contribution in [2.75, 3.05) is 21.3 Å². The van der Waals surface area contributed by atoms with Gasteiger partial charge in [0.1, 0.15) is 5.75 Å². The molecule has 0 aliphatic heterocycles. The Morgan fingerprint density at radius 2 is 1.67 bits per heavy atom. The molecule has 0 spiro atoms. The molecule has 126 valence electrons. The molecule has 2 rings (SSSR count). The molecule has 0 radical (unpaired) electrons. The first-order valence-corrected chi connectivity index (χ1v) is 8.09. The van der Waals surface area contributed by atoms with Gasteiger partial charge in [-0.05, 0) is 64.6 Å². The molecule has 0 unspecified atom stereocenters. The van der Waals surface area contributed by atoms with E-state index in [4.69, 9.17) is 14.2 Å². The largest absolute Gasteiger partial charge is 0.507 e. The van der Waals surface area contributed by atoms with Crippen molar-refractivity contribution in [2.24, 2.45) is 0 Å². The third-order valence-electron chi connectivity index (χ3n) is 3.34. The standard InChI is InChI=1S/C18H17IO5/c1-22-16-8-11(9-17(23-2)18(16)24-3)4-7-14(20)13-6-5-12(19)10-15(13)21/h4-10,21H,1-3H3/b7-4+. The highest BCUT2D eigenvalue weighted by Crippen LogP contribution is 2.38. The van der Waals surface area contributed by atoms with Crippen LogP contribution in [0, 0.1) is 3.57 Å². The Kier molecular flexibility index (Phi) is 6.08. The van der Waals surface area contributed by atoms with Crippen LogP contribution in [0.5, 0.6) is 23.0 Å². The minimum atomic E-state index is -0.294. The number of aromatic hydroxyl groups is 1. The maximum absolute atomic E-state index is 12.2. The van der Waals surface area contributed by atoms with Crippen LogP contribution < -0.4 is 14.2 Å². The summed E-state index contributed by atoms with van der Waals surface area (Å²) in [6.45, 7) is 0. The molecule has 0 saturated carbocycles. The van der Waals surface area contributed by atoms with E-state index in [1.54, 1.807) is 36.4 Å². The smallest absolute Gasteiger partial charge is 0.203 e. The number of hydrogen-bond acceptors (Lipinski definition) is 5. The average molecular weight is 440 g/mol. The second kappa shape index (κ2) is 8.05. The van der Waals surface area contributed by atoms with E-state index in [-0.39, 0.29) is 17.1 Å². The third-order valence-corrected chi connectivity index (χ3v) is 4.01. The number of allylic oxidation sites excluding steroid dienone is 1. The summed E-state index contributed by atoms with van der Waals surface area (Å²) in [6.07, 6.45) is 3.02. The highest BCUT2D eigenvalue weighted by atomic mass is 127. The molecule has 6 heteroatoms. The zero-order valence-corrected chi connectivity index (χ0v) is 15.7. The molecule has 0 amide bonds. The molecule has 0 fully saturated rings. The van der Waals surface area contributed by atoms with Crippen LogP contribution in [0.2, 0.25) is 0 Å². The van der Waals surface area contributed by atoms with E-state index in [0.29, 0.717) is 22.8 Å². The molecule has 0 atom stereocenters. The maximum atomic E-state index is 12.2. The predicted molar refractivity (Wildman–Crippen MR) is 100 cm³/mol. The number of halogens is 1. The van der Waals surface area contributed by atoms with Crippen LogP contribution in [0.3, 0.4) is 0 Å². The Labute approximate surface area is 154 Å². The number of ketones is 1. The van der Waals surface area contributed by atoms with Gasteiger partial charge in [-0.2, -0.15) is 0 Å². The maximum Gasteiger partial charge on any atom is 0.203 e. The van der Waals surface area contributed by atoms with Crippen LogP contribution in [-0.2, 0) is 0 Å². The fraction of sp³-hybridized carbons (Fsp3) is 0.167. The van der Waals surface area contributed by atoms with Gasteiger partial charge < -0.3 is 19.3 Å². The van der Waals surface area contributed by atoms with Gasteiger partial charge in [0.15, 0.2) is 17.3 Å². The van der Waals surface area contributed by atoms with E-state index in [0.717, 1.165) is 3.57 Å². The van der Waals surface area contributed by atoms with Crippen LogP contribution in [0.4, 0.5) is 0 Å². The Hall–Kier alpha value is -2.22. The quantitative estimate of drug-likeness (QED) is 0.419. The number of methoxy groups -OCH3 is 3. The first kappa shape index (κ1) is 18.1. The van der Waals surface area contributed by atoms with E-state index in [1.165, 1.54) is 27.4 Å². The van der Waals surface area contributed by atoms with Gasteiger partial charge in [0.2, 0.25) is 5.75 Å². The number of ether oxygens (including phenoxy) is 3. The number of phenols is 1. The zero-order valence-electron chi connectivity index (χ0n) is 13.5. The Balaban J connectivity index is 2.32.